The molecule has 1 aromatic heterocycles. The molecule has 0 saturated carbocycles. The monoisotopic (exact) mass is 262 g/mol. The van der Waals surface area contributed by atoms with Crippen LogP contribution < -0.4 is 10.2 Å². The van der Waals surface area contributed by atoms with E-state index in [4.69, 9.17) is 0 Å². The second kappa shape index (κ2) is 5.99. The maximum Gasteiger partial charge on any atom is 0.435 e. The van der Waals surface area contributed by atoms with Gasteiger partial charge in [-0.3, -0.25) is 0 Å². The van der Waals surface area contributed by atoms with Gasteiger partial charge in [0.05, 0.1) is 0 Å². The summed E-state index contributed by atoms with van der Waals surface area (Å²) in [6.07, 6.45) is -4.44. The van der Waals surface area contributed by atoms with Crippen LogP contribution in [0.4, 0.5) is 19.0 Å². The van der Waals surface area contributed by atoms with E-state index in [1.165, 1.54) is 6.07 Å². The first-order valence-corrected chi connectivity index (χ1v) is 5.61. The Morgan fingerprint density at radius 1 is 1.33 bits per heavy atom. The van der Waals surface area contributed by atoms with Gasteiger partial charge in [0.15, 0.2) is 11.5 Å². The summed E-state index contributed by atoms with van der Waals surface area (Å²) in [5, 5.41) is 9.83. The van der Waals surface area contributed by atoms with E-state index < -0.39 is 11.9 Å². The minimum absolute atomic E-state index is 0.365. The predicted octanol–water partition coefficient (Wildman–Crippen LogP) is 1.79. The van der Waals surface area contributed by atoms with Crippen molar-refractivity contribution in [3.63, 3.8) is 0 Å². The van der Waals surface area contributed by atoms with Gasteiger partial charge in [-0.25, -0.2) is 0 Å². The molecule has 0 aromatic carbocycles. The van der Waals surface area contributed by atoms with Gasteiger partial charge in [0, 0.05) is 13.6 Å². The molecule has 0 radical (unpaired) electrons. The van der Waals surface area contributed by atoms with Crippen molar-refractivity contribution in [2.24, 2.45) is 5.92 Å². The average molecular weight is 262 g/mol. The number of hydrogen-bond acceptors (Lipinski definition) is 4. The Bertz CT molecular complexity index is 364. The molecule has 102 valence electrons. The molecule has 0 fully saturated rings. The lowest BCUT2D eigenvalue weighted by Crippen LogP contribution is -2.30. The lowest BCUT2D eigenvalue weighted by Gasteiger charge is -2.22. The van der Waals surface area contributed by atoms with E-state index >= 15 is 0 Å². The zero-order valence-electron chi connectivity index (χ0n) is 10.6. The molecule has 1 heterocycles. The highest BCUT2D eigenvalue weighted by Gasteiger charge is 2.33. The molecule has 1 N–H and O–H groups in total. The number of halogens is 3. The van der Waals surface area contributed by atoms with Gasteiger partial charge in [0.25, 0.3) is 0 Å². The van der Waals surface area contributed by atoms with Gasteiger partial charge in [0.2, 0.25) is 0 Å². The highest BCUT2D eigenvalue weighted by atomic mass is 19.4. The van der Waals surface area contributed by atoms with Crippen LogP contribution in [0, 0.1) is 5.92 Å². The van der Waals surface area contributed by atoms with Crippen LogP contribution in [0.1, 0.15) is 12.6 Å². The minimum atomic E-state index is -4.44. The van der Waals surface area contributed by atoms with Gasteiger partial charge in [-0.2, -0.15) is 13.2 Å². The Labute approximate surface area is 104 Å². The second-order valence-electron chi connectivity index (χ2n) is 4.32. The van der Waals surface area contributed by atoms with Crippen LogP contribution in [-0.4, -0.2) is 37.4 Å². The van der Waals surface area contributed by atoms with Crippen molar-refractivity contribution >= 4 is 5.82 Å². The SMILES string of the molecule is CNCC(C)CN(C)c1ccc(C(F)(F)F)nn1. The molecule has 1 atom stereocenters. The number of nitrogens with one attached hydrogen (secondary N) is 1. The standard InChI is InChI=1S/C11H17F3N4/c1-8(6-15-2)7-18(3)10-5-4-9(16-17-10)11(12,13)14/h4-5,8,15H,6-7H2,1-3H3. The first-order chi connectivity index (χ1) is 8.34. The lowest BCUT2D eigenvalue weighted by molar-refractivity contribution is -0.141. The second-order valence-corrected chi connectivity index (χ2v) is 4.32. The zero-order valence-corrected chi connectivity index (χ0v) is 10.6. The summed E-state index contributed by atoms with van der Waals surface area (Å²) in [6, 6.07) is 2.28. The Balaban J connectivity index is 2.67. The highest BCUT2D eigenvalue weighted by Crippen LogP contribution is 2.27. The number of aromatic nitrogens is 2. The third-order valence-corrected chi connectivity index (χ3v) is 2.47. The smallest absolute Gasteiger partial charge is 0.358 e. The van der Waals surface area contributed by atoms with Gasteiger partial charge >= 0.3 is 6.18 Å². The maximum atomic E-state index is 12.3. The van der Waals surface area contributed by atoms with E-state index in [1.54, 1.807) is 11.9 Å². The van der Waals surface area contributed by atoms with Crippen LogP contribution in [0.25, 0.3) is 0 Å². The van der Waals surface area contributed by atoms with Crippen LogP contribution in [-0.2, 0) is 6.18 Å². The summed E-state index contributed by atoms with van der Waals surface area (Å²) >= 11 is 0. The zero-order chi connectivity index (χ0) is 13.8. The molecule has 1 aromatic rings. The van der Waals surface area contributed by atoms with E-state index in [0.717, 1.165) is 12.6 Å². The fourth-order valence-corrected chi connectivity index (χ4v) is 1.65. The number of nitrogens with zero attached hydrogens (tertiary/aromatic N) is 3. The summed E-state index contributed by atoms with van der Waals surface area (Å²) in [5.41, 5.74) is -0.970. The Morgan fingerprint density at radius 2 is 2.00 bits per heavy atom. The lowest BCUT2D eigenvalue weighted by atomic mass is 10.1. The van der Waals surface area contributed by atoms with Gasteiger partial charge in [-0.1, -0.05) is 6.92 Å². The third kappa shape index (κ3) is 4.14. The molecule has 0 spiro atoms. The fraction of sp³-hybridized carbons (Fsp3) is 0.636. The molecule has 1 unspecified atom stereocenters. The molecule has 0 aliphatic carbocycles. The van der Waals surface area contributed by atoms with Crippen molar-refractivity contribution in [1.82, 2.24) is 15.5 Å². The number of hydrogen-bond donors (Lipinski definition) is 1. The fourth-order valence-electron chi connectivity index (χ4n) is 1.65. The Kier molecular flexibility index (Phi) is 4.89. The van der Waals surface area contributed by atoms with Crippen molar-refractivity contribution in [3.05, 3.63) is 17.8 Å². The summed E-state index contributed by atoms with van der Waals surface area (Å²) in [4.78, 5) is 1.79. The van der Waals surface area contributed by atoms with Gasteiger partial charge in [0.1, 0.15) is 0 Å². The molecule has 7 heteroatoms. The highest BCUT2D eigenvalue weighted by molar-refractivity contribution is 5.36. The van der Waals surface area contributed by atoms with E-state index in [9.17, 15) is 13.2 Å². The summed E-state index contributed by atoms with van der Waals surface area (Å²) < 4.78 is 36.9. The van der Waals surface area contributed by atoms with Crippen LogP contribution in [0.2, 0.25) is 0 Å². The molecule has 0 aliphatic rings. The van der Waals surface area contributed by atoms with Crippen molar-refractivity contribution in [1.29, 1.82) is 0 Å². The van der Waals surface area contributed by atoms with E-state index in [-0.39, 0.29) is 0 Å². The number of rotatable bonds is 5. The summed E-state index contributed by atoms with van der Waals surface area (Å²) in [7, 11) is 3.64. The molecule has 0 aliphatic heterocycles. The van der Waals surface area contributed by atoms with Crippen molar-refractivity contribution in [2.75, 3.05) is 32.1 Å². The van der Waals surface area contributed by atoms with Crippen LogP contribution in [0.5, 0.6) is 0 Å². The molecule has 1 rings (SSSR count). The minimum Gasteiger partial charge on any atom is -0.358 e. The summed E-state index contributed by atoms with van der Waals surface area (Å²) in [6.45, 7) is 3.57. The molecule has 4 nitrogen and oxygen atoms in total. The van der Waals surface area contributed by atoms with E-state index in [0.29, 0.717) is 18.3 Å². The Hall–Kier alpha value is -1.37. The third-order valence-electron chi connectivity index (χ3n) is 2.47. The van der Waals surface area contributed by atoms with Crippen LogP contribution in [0.3, 0.4) is 0 Å². The van der Waals surface area contributed by atoms with Gasteiger partial charge in [-0.15, -0.1) is 10.2 Å². The molecule has 0 saturated heterocycles. The molecule has 0 bridgehead atoms. The molecular weight excluding hydrogens is 245 g/mol. The van der Waals surface area contributed by atoms with Crippen LogP contribution >= 0.6 is 0 Å². The van der Waals surface area contributed by atoms with Crippen molar-refractivity contribution in [3.8, 4) is 0 Å². The van der Waals surface area contributed by atoms with Gasteiger partial charge in [-0.05, 0) is 31.6 Å². The number of anilines is 1. The maximum absolute atomic E-state index is 12.3. The van der Waals surface area contributed by atoms with Gasteiger partial charge < -0.3 is 10.2 Å². The molecule has 18 heavy (non-hydrogen) atoms. The first kappa shape index (κ1) is 14.7. The quantitative estimate of drug-likeness (QED) is 0.878. The molecule has 0 amide bonds. The molecular formula is C11H17F3N4. The topological polar surface area (TPSA) is 41.0 Å². The van der Waals surface area contributed by atoms with E-state index in [2.05, 4.69) is 15.5 Å². The number of alkyl halides is 3. The predicted molar refractivity (Wildman–Crippen MR) is 63.4 cm³/mol. The largest absolute Gasteiger partial charge is 0.435 e. The van der Waals surface area contributed by atoms with Crippen molar-refractivity contribution in [2.45, 2.75) is 13.1 Å². The summed E-state index contributed by atoms with van der Waals surface area (Å²) in [5.74, 6) is 0.801. The Morgan fingerprint density at radius 3 is 2.44 bits per heavy atom. The first-order valence-electron chi connectivity index (χ1n) is 5.61. The average Bonchev–Trinajstić information content (AvgIpc) is 2.28. The van der Waals surface area contributed by atoms with E-state index in [1.807, 2.05) is 14.0 Å². The van der Waals surface area contributed by atoms with Crippen molar-refractivity contribution < 1.29 is 13.2 Å². The van der Waals surface area contributed by atoms with Crippen LogP contribution in [0.15, 0.2) is 12.1 Å². The normalized spacial score (nSPS) is 13.4.